The number of benzene rings is 1. The highest BCUT2D eigenvalue weighted by Gasteiger charge is 2.30. The van der Waals surface area contributed by atoms with Gasteiger partial charge >= 0.3 is 0 Å². The van der Waals surface area contributed by atoms with Crippen LogP contribution in [0.15, 0.2) is 30.3 Å². The van der Waals surface area contributed by atoms with Crippen molar-refractivity contribution in [1.82, 2.24) is 5.12 Å². The molecule has 0 aromatic heterocycles. The number of rotatable bonds is 5. The highest BCUT2D eigenvalue weighted by molar-refractivity contribution is 5.17. The van der Waals surface area contributed by atoms with Gasteiger partial charge < -0.3 is 5.11 Å². The van der Waals surface area contributed by atoms with Crippen LogP contribution in [0.3, 0.4) is 0 Å². The molecule has 0 spiro atoms. The van der Waals surface area contributed by atoms with Gasteiger partial charge in [-0.15, -0.1) is 0 Å². The molecule has 0 radical (unpaired) electrons. The van der Waals surface area contributed by atoms with Gasteiger partial charge in [0, 0.05) is 0 Å². The molecule has 0 heterocycles. The van der Waals surface area contributed by atoms with E-state index in [0.717, 1.165) is 0 Å². The zero-order chi connectivity index (χ0) is 12.1. The zero-order valence-electron chi connectivity index (χ0n) is 8.09. The van der Waals surface area contributed by atoms with E-state index in [4.69, 9.17) is 0 Å². The van der Waals surface area contributed by atoms with Crippen molar-refractivity contribution >= 4 is 0 Å². The van der Waals surface area contributed by atoms with Crippen LogP contribution in [0.1, 0.15) is 11.7 Å². The summed E-state index contributed by atoms with van der Waals surface area (Å²) in [5.74, 6) is 0. The lowest BCUT2D eigenvalue weighted by atomic mass is 10.1. The third-order valence-corrected chi connectivity index (χ3v) is 1.90. The molecule has 1 rings (SSSR count). The quantitative estimate of drug-likeness (QED) is 0.576. The maximum absolute atomic E-state index is 10.3. The maximum atomic E-state index is 10.3. The molecular formula is C8H9N3O5. The smallest absolute Gasteiger partial charge is 0.222 e. The van der Waals surface area contributed by atoms with Gasteiger partial charge in [-0.2, -0.15) is 0 Å². The topological polar surface area (TPSA) is 110 Å². The summed E-state index contributed by atoms with van der Waals surface area (Å²) < 4.78 is 0. The Hall–Kier alpha value is -2.22. The molecule has 0 saturated carbocycles. The molecule has 1 unspecified atom stereocenters. The average molecular weight is 227 g/mol. The molecule has 8 nitrogen and oxygen atoms in total. The molecule has 16 heavy (non-hydrogen) atoms. The summed E-state index contributed by atoms with van der Waals surface area (Å²) in [6.45, 7) is -0.704. The van der Waals surface area contributed by atoms with Gasteiger partial charge in [-0.25, -0.2) is 20.2 Å². The van der Waals surface area contributed by atoms with Gasteiger partial charge in [0.25, 0.3) is 0 Å². The van der Waals surface area contributed by atoms with Crippen LogP contribution in [0, 0.1) is 20.2 Å². The molecule has 1 aromatic carbocycles. The Kier molecular flexibility index (Phi) is 3.72. The van der Waals surface area contributed by atoms with E-state index in [0.29, 0.717) is 5.56 Å². The van der Waals surface area contributed by atoms with Crippen molar-refractivity contribution in [2.24, 2.45) is 0 Å². The van der Waals surface area contributed by atoms with E-state index in [2.05, 4.69) is 0 Å². The number of hydrogen-bond donors (Lipinski definition) is 1. The third kappa shape index (κ3) is 2.89. The summed E-state index contributed by atoms with van der Waals surface area (Å²) in [5.41, 5.74) is 0.385. The number of nitrogens with zero attached hydrogens (tertiary/aromatic N) is 3. The van der Waals surface area contributed by atoms with Gasteiger partial charge in [-0.05, 0) is 5.56 Å². The van der Waals surface area contributed by atoms with Crippen LogP contribution in [-0.4, -0.2) is 26.8 Å². The SMILES string of the molecule is O=[N+]([O-])N(CC(O)c1ccccc1)[N+](=O)[O-]. The Bertz CT molecular complexity index is 369. The van der Waals surface area contributed by atoms with E-state index in [9.17, 15) is 25.3 Å². The Balaban J connectivity index is 2.73. The Morgan fingerprint density at radius 2 is 1.69 bits per heavy atom. The van der Waals surface area contributed by atoms with Crippen LogP contribution in [0.2, 0.25) is 0 Å². The minimum Gasteiger partial charge on any atom is -0.386 e. The maximum Gasteiger partial charge on any atom is 0.222 e. The highest BCUT2D eigenvalue weighted by Crippen LogP contribution is 2.13. The minimum absolute atomic E-state index is 0.252. The van der Waals surface area contributed by atoms with Gasteiger partial charge in [0.05, 0.1) is 0 Å². The first-order valence-electron chi connectivity index (χ1n) is 4.31. The standard InChI is InChI=1S/C8H9N3O5/c12-8(7-4-2-1-3-5-7)6-9(10(13)14)11(15)16/h1-5,8,12H,6H2. The lowest BCUT2D eigenvalue weighted by Gasteiger charge is -2.10. The molecule has 1 atom stereocenters. The van der Waals surface area contributed by atoms with E-state index in [-0.39, 0.29) is 5.12 Å². The largest absolute Gasteiger partial charge is 0.386 e. The number of nitro groups is 2. The van der Waals surface area contributed by atoms with E-state index in [1.165, 1.54) is 12.1 Å². The zero-order valence-corrected chi connectivity index (χ0v) is 8.09. The lowest BCUT2D eigenvalue weighted by Crippen LogP contribution is -2.38. The molecule has 0 fully saturated rings. The Morgan fingerprint density at radius 3 is 2.12 bits per heavy atom. The second-order valence-corrected chi connectivity index (χ2v) is 2.96. The average Bonchev–Trinajstić information content (AvgIpc) is 2.25. The molecule has 0 aliphatic carbocycles. The number of hydrogen-bond acceptors (Lipinski definition) is 5. The molecule has 0 amide bonds. The summed E-state index contributed by atoms with van der Waals surface area (Å²) in [6, 6.07) is 8.02. The minimum atomic E-state index is -1.28. The number of aliphatic hydroxyl groups excluding tert-OH is 1. The second kappa shape index (κ2) is 5.03. The molecular weight excluding hydrogens is 218 g/mol. The van der Waals surface area contributed by atoms with Crippen molar-refractivity contribution in [3.63, 3.8) is 0 Å². The third-order valence-electron chi connectivity index (χ3n) is 1.90. The van der Waals surface area contributed by atoms with Crippen LogP contribution in [0.5, 0.6) is 0 Å². The fourth-order valence-electron chi connectivity index (χ4n) is 1.13. The first-order chi connectivity index (χ1) is 7.52. The highest BCUT2D eigenvalue weighted by atomic mass is 16.8. The van der Waals surface area contributed by atoms with Gasteiger partial charge in [-0.3, -0.25) is 0 Å². The van der Waals surface area contributed by atoms with Crippen molar-refractivity contribution in [2.75, 3.05) is 6.54 Å². The summed E-state index contributed by atoms with van der Waals surface area (Å²) in [5, 5.41) is 27.5. The second-order valence-electron chi connectivity index (χ2n) is 2.96. The van der Waals surface area contributed by atoms with Gasteiger partial charge in [0.2, 0.25) is 10.1 Å². The number of aliphatic hydroxyl groups is 1. The summed E-state index contributed by atoms with van der Waals surface area (Å²) in [6.07, 6.45) is -1.28. The van der Waals surface area contributed by atoms with Crippen molar-refractivity contribution in [1.29, 1.82) is 0 Å². The first-order valence-corrected chi connectivity index (χ1v) is 4.31. The van der Waals surface area contributed by atoms with Crippen LogP contribution >= 0.6 is 0 Å². The van der Waals surface area contributed by atoms with E-state index < -0.39 is 22.7 Å². The normalized spacial score (nSPS) is 11.8. The molecule has 0 aliphatic heterocycles. The predicted octanol–water partition coefficient (Wildman–Crippen LogP) is 0.405. The summed E-state index contributed by atoms with van der Waals surface area (Å²) in [7, 11) is 0. The molecule has 8 heteroatoms. The predicted molar refractivity (Wildman–Crippen MR) is 52.1 cm³/mol. The van der Waals surface area contributed by atoms with E-state index in [1.807, 2.05) is 0 Å². The van der Waals surface area contributed by atoms with Crippen molar-refractivity contribution in [2.45, 2.75) is 6.10 Å². The van der Waals surface area contributed by atoms with Gasteiger partial charge in [0.1, 0.15) is 6.10 Å². The van der Waals surface area contributed by atoms with Crippen LogP contribution in [-0.2, 0) is 0 Å². The molecule has 1 aromatic rings. The van der Waals surface area contributed by atoms with Crippen molar-refractivity contribution in [3.05, 3.63) is 56.1 Å². The van der Waals surface area contributed by atoms with Crippen molar-refractivity contribution < 1.29 is 15.2 Å². The lowest BCUT2D eigenvalue weighted by molar-refractivity contribution is -0.908. The van der Waals surface area contributed by atoms with Gasteiger partial charge in [0.15, 0.2) is 11.7 Å². The molecule has 0 saturated heterocycles. The van der Waals surface area contributed by atoms with Crippen molar-refractivity contribution in [3.8, 4) is 0 Å². The summed E-state index contributed by atoms with van der Waals surface area (Å²) in [4.78, 5) is 20.6. The van der Waals surface area contributed by atoms with Gasteiger partial charge in [-0.1, -0.05) is 30.3 Å². The van der Waals surface area contributed by atoms with Crippen LogP contribution in [0.4, 0.5) is 0 Å². The van der Waals surface area contributed by atoms with Crippen LogP contribution in [0.25, 0.3) is 0 Å². The molecule has 0 aliphatic rings. The molecule has 0 bridgehead atoms. The fraction of sp³-hybridized carbons (Fsp3) is 0.250. The van der Waals surface area contributed by atoms with E-state index >= 15 is 0 Å². The molecule has 86 valence electrons. The number of hydrazine groups is 2. The fourth-order valence-corrected chi connectivity index (χ4v) is 1.13. The van der Waals surface area contributed by atoms with Crippen LogP contribution < -0.4 is 0 Å². The Morgan fingerprint density at radius 1 is 1.19 bits per heavy atom. The Labute approximate surface area is 90.0 Å². The summed E-state index contributed by atoms with van der Waals surface area (Å²) >= 11 is 0. The van der Waals surface area contributed by atoms with E-state index in [1.54, 1.807) is 18.2 Å². The monoisotopic (exact) mass is 227 g/mol. The first kappa shape index (κ1) is 11.9. The molecule has 1 N–H and O–H groups in total.